The molecule has 6 nitrogen and oxygen atoms in total. The maximum absolute atomic E-state index is 12.5. The Labute approximate surface area is 152 Å². The second-order valence-electron chi connectivity index (χ2n) is 5.73. The number of fused-ring (bicyclic) bond motifs is 1. The summed E-state index contributed by atoms with van der Waals surface area (Å²) in [7, 11) is 0. The van der Waals surface area contributed by atoms with Gasteiger partial charge in [0.15, 0.2) is 0 Å². The van der Waals surface area contributed by atoms with Crippen LogP contribution in [-0.2, 0) is 0 Å². The SMILES string of the molecule is O=C(Nc1cccc(-c2ccc(=O)[nH]n2)c1)c1cc2cccc(Cl)c2[nH]1. The molecular weight excluding hydrogens is 352 g/mol. The van der Waals surface area contributed by atoms with Crippen LogP contribution in [0.15, 0.2) is 65.5 Å². The van der Waals surface area contributed by atoms with Gasteiger partial charge in [0, 0.05) is 22.7 Å². The van der Waals surface area contributed by atoms with Crippen LogP contribution in [0, 0.1) is 0 Å². The molecule has 7 heteroatoms. The van der Waals surface area contributed by atoms with Gasteiger partial charge in [-0.2, -0.15) is 5.10 Å². The van der Waals surface area contributed by atoms with E-state index in [9.17, 15) is 9.59 Å². The van der Waals surface area contributed by atoms with E-state index in [-0.39, 0.29) is 11.5 Å². The standard InChI is InChI=1S/C19H13ClN4O2/c20-14-6-2-4-12-10-16(22-18(12)14)19(26)21-13-5-1-3-11(9-13)15-7-8-17(25)24-23-15/h1-10,22H,(H,21,26)(H,24,25). The van der Waals surface area contributed by atoms with Crippen LogP contribution in [0.5, 0.6) is 0 Å². The molecule has 2 aromatic heterocycles. The smallest absolute Gasteiger partial charge is 0.272 e. The predicted octanol–water partition coefficient (Wildman–Crippen LogP) is 3.82. The number of anilines is 1. The minimum Gasteiger partial charge on any atom is -0.349 e. The summed E-state index contributed by atoms with van der Waals surface area (Å²) in [6, 6.07) is 17.5. The van der Waals surface area contributed by atoms with Gasteiger partial charge in [0.1, 0.15) is 5.69 Å². The van der Waals surface area contributed by atoms with Gasteiger partial charge in [0.2, 0.25) is 0 Å². The van der Waals surface area contributed by atoms with Gasteiger partial charge in [-0.1, -0.05) is 35.9 Å². The third-order valence-electron chi connectivity index (χ3n) is 3.95. The molecule has 0 aliphatic heterocycles. The Kier molecular flexibility index (Phi) is 4.02. The summed E-state index contributed by atoms with van der Waals surface area (Å²) in [5.74, 6) is -0.274. The molecule has 0 radical (unpaired) electrons. The Morgan fingerprint density at radius 2 is 1.88 bits per heavy atom. The maximum atomic E-state index is 12.5. The van der Waals surface area contributed by atoms with Crippen molar-refractivity contribution in [3.63, 3.8) is 0 Å². The Morgan fingerprint density at radius 1 is 1.04 bits per heavy atom. The third-order valence-corrected chi connectivity index (χ3v) is 4.26. The van der Waals surface area contributed by atoms with Gasteiger partial charge in [-0.25, -0.2) is 5.10 Å². The van der Waals surface area contributed by atoms with E-state index < -0.39 is 0 Å². The van der Waals surface area contributed by atoms with E-state index in [4.69, 9.17) is 11.6 Å². The van der Waals surface area contributed by atoms with Crippen LogP contribution in [0.2, 0.25) is 5.02 Å². The number of hydrogen-bond donors (Lipinski definition) is 3. The number of benzene rings is 2. The number of nitrogens with one attached hydrogen (secondary N) is 3. The van der Waals surface area contributed by atoms with Crippen molar-refractivity contribution in [2.24, 2.45) is 0 Å². The molecule has 0 unspecified atom stereocenters. The zero-order chi connectivity index (χ0) is 18.1. The van der Waals surface area contributed by atoms with E-state index in [1.807, 2.05) is 18.2 Å². The summed E-state index contributed by atoms with van der Waals surface area (Å²) < 4.78 is 0. The van der Waals surface area contributed by atoms with Crippen molar-refractivity contribution in [3.05, 3.63) is 81.7 Å². The van der Waals surface area contributed by atoms with Gasteiger partial charge in [-0.15, -0.1) is 0 Å². The average molecular weight is 365 g/mol. The van der Waals surface area contributed by atoms with E-state index >= 15 is 0 Å². The number of rotatable bonds is 3. The summed E-state index contributed by atoms with van der Waals surface area (Å²) in [6.07, 6.45) is 0. The minimum atomic E-state index is -0.274. The number of amides is 1. The van der Waals surface area contributed by atoms with Crippen LogP contribution in [0.1, 0.15) is 10.5 Å². The molecule has 0 saturated carbocycles. The van der Waals surface area contributed by atoms with Gasteiger partial charge < -0.3 is 10.3 Å². The number of aromatic amines is 2. The highest BCUT2D eigenvalue weighted by molar-refractivity contribution is 6.35. The first-order valence-electron chi connectivity index (χ1n) is 7.85. The van der Waals surface area contributed by atoms with E-state index in [1.165, 1.54) is 6.07 Å². The molecule has 1 amide bonds. The highest BCUT2D eigenvalue weighted by Gasteiger charge is 2.12. The summed E-state index contributed by atoms with van der Waals surface area (Å²) in [5, 5.41) is 10.7. The molecule has 2 heterocycles. The first-order valence-corrected chi connectivity index (χ1v) is 8.23. The Bertz CT molecular complexity index is 1160. The van der Waals surface area contributed by atoms with E-state index in [2.05, 4.69) is 20.5 Å². The van der Waals surface area contributed by atoms with Gasteiger partial charge >= 0.3 is 0 Å². The Balaban J connectivity index is 1.61. The lowest BCUT2D eigenvalue weighted by Crippen LogP contribution is -2.12. The molecule has 26 heavy (non-hydrogen) atoms. The molecule has 2 aromatic carbocycles. The van der Waals surface area contributed by atoms with Crippen molar-refractivity contribution in [1.29, 1.82) is 0 Å². The number of H-pyrrole nitrogens is 2. The number of nitrogens with zero attached hydrogens (tertiary/aromatic N) is 1. The first-order chi connectivity index (χ1) is 12.6. The molecule has 0 spiro atoms. The molecule has 0 aliphatic rings. The number of hydrogen-bond acceptors (Lipinski definition) is 3. The number of aromatic nitrogens is 3. The van der Waals surface area contributed by atoms with Crippen molar-refractivity contribution in [3.8, 4) is 11.3 Å². The summed E-state index contributed by atoms with van der Waals surface area (Å²) >= 11 is 6.14. The highest BCUT2D eigenvalue weighted by atomic mass is 35.5. The molecule has 0 fully saturated rings. The Morgan fingerprint density at radius 3 is 2.65 bits per heavy atom. The predicted molar refractivity (Wildman–Crippen MR) is 102 cm³/mol. The molecular formula is C19H13ClN4O2. The number of carbonyl (C=O) groups is 1. The van der Waals surface area contributed by atoms with Crippen LogP contribution in [0.4, 0.5) is 5.69 Å². The maximum Gasteiger partial charge on any atom is 0.272 e. The second-order valence-corrected chi connectivity index (χ2v) is 6.14. The fourth-order valence-electron chi connectivity index (χ4n) is 2.70. The molecule has 0 atom stereocenters. The van der Waals surface area contributed by atoms with Gasteiger partial charge in [-0.3, -0.25) is 9.59 Å². The molecule has 0 aliphatic carbocycles. The monoisotopic (exact) mass is 364 g/mol. The van der Waals surface area contributed by atoms with Crippen molar-refractivity contribution in [2.75, 3.05) is 5.32 Å². The van der Waals surface area contributed by atoms with E-state index in [0.717, 1.165) is 16.5 Å². The summed E-state index contributed by atoms with van der Waals surface area (Å²) in [5.41, 5.74) is 2.88. The van der Waals surface area contributed by atoms with Crippen molar-refractivity contribution in [2.45, 2.75) is 0 Å². The molecule has 128 valence electrons. The fourth-order valence-corrected chi connectivity index (χ4v) is 2.93. The van der Waals surface area contributed by atoms with Crippen molar-refractivity contribution >= 4 is 34.1 Å². The lowest BCUT2D eigenvalue weighted by molar-refractivity contribution is 0.102. The minimum absolute atomic E-state index is 0.268. The highest BCUT2D eigenvalue weighted by Crippen LogP contribution is 2.24. The van der Waals surface area contributed by atoms with Crippen molar-refractivity contribution < 1.29 is 4.79 Å². The van der Waals surface area contributed by atoms with Gasteiger partial charge in [-0.05, 0) is 30.3 Å². The molecule has 0 bridgehead atoms. The molecule has 0 saturated heterocycles. The molecule has 3 N–H and O–H groups in total. The normalized spacial score (nSPS) is 10.8. The van der Waals surface area contributed by atoms with Crippen LogP contribution >= 0.6 is 11.6 Å². The van der Waals surface area contributed by atoms with E-state index in [1.54, 1.807) is 36.4 Å². The lowest BCUT2D eigenvalue weighted by Gasteiger charge is -2.06. The molecule has 4 aromatic rings. The second kappa shape index (κ2) is 6.50. The van der Waals surface area contributed by atoms with Crippen LogP contribution in [0.3, 0.4) is 0 Å². The quantitative estimate of drug-likeness (QED) is 0.516. The number of para-hydroxylation sites is 1. The number of halogens is 1. The van der Waals surface area contributed by atoms with Gasteiger partial charge in [0.05, 0.1) is 16.2 Å². The summed E-state index contributed by atoms with van der Waals surface area (Å²) in [6.45, 7) is 0. The summed E-state index contributed by atoms with van der Waals surface area (Å²) in [4.78, 5) is 26.7. The fraction of sp³-hybridized carbons (Fsp3) is 0. The van der Waals surface area contributed by atoms with Gasteiger partial charge in [0.25, 0.3) is 11.5 Å². The molecule has 4 rings (SSSR count). The zero-order valence-electron chi connectivity index (χ0n) is 13.4. The largest absolute Gasteiger partial charge is 0.349 e. The first kappa shape index (κ1) is 16.1. The zero-order valence-corrected chi connectivity index (χ0v) is 14.2. The third kappa shape index (κ3) is 3.10. The van der Waals surface area contributed by atoms with Crippen LogP contribution in [-0.4, -0.2) is 21.1 Å². The van der Waals surface area contributed by atoms with Crippen LogP contribution < -0.4 is 10.9 Å². The lowest BCUT2D eigenvalue weighted by atomic mass is 10.1. The Hall–Kier alpha value is -3.38. The number of carbonyl (C=O) groups excluding carboxylic acids is 1. The van der Waals surface area contributed by atoms with Crippen LogP contribution in [0.25, 0.3) is 22.2 Å². The van der Waals surface area contributed by atoms with E-state index in [0.29, 0.717) is 22.1 Å². The van der Waals surface area contributed by atoms with Crippen molar-refractivity contribution in [1.82, 2.24) is 15.2 Å². The topological polar surface area (TPSA) is 90.6 Å². The average Bonchev–Trinajstić information content (AvgIpc) is 3.08.